The summed E-state index contributed by atoms with van der Waals surface area (Å²) in [4.78, 5) is 20.4. The number of H-pyrrole nitrogens is 1. The minimum atomic E-state index is 0.194. The molecule has 1 aliphatic carbocycles. The summed E-state index contributed by atoms with van der Waals surface area (Å²) < 4.78 is 0. The number of hydrogen-bond acceptors (Lipinski definition) is 2. The first-order chi connectivity index (χ1) is 10.3. The Bertz CT molecular complexity index is 476. The number of nitrogens with one attached hydrogen (secondary N) is 1. The second-order valence-corrected chi connectivity index (χ2v) is 6.49. The molecule has 1 aliphatic heterocycles. The molecule has 0 radical (unpaired) electrons. The highest BCUT2D eigenvalue weighted by molar-refractivity contribution is 5.95. The van der Waals surface area contributed by atoms with Gasteiger partial charge >= 0.3 is 0 Å². The topological polar surface area (TPSA) is 39.3 Å². The van der Waals surface area contributed by atoms with E-state index in [4.69, 9.17) is 0 Å². The maximum atomic E-state index is 12.6. The van der Waals surface area contributed by atoms with Crippen LogP contribution in [0.1, 0.15) is 54.6 Å². The third-order valence-electron chi connectivity index (χ3n) is 5.09. The number of nitrogens with zero attached hydrogens (tertiary/aromatic N) is 2. The minimum absolute atomic E-state index is 0.194. The summed E-state index contributed by atoms with van der Waals surface area (Å²) in [6.07, 6.45) is 9.83. The van der Waals surface area contributed by atoms with Crippen molar-refractivity contribution < 1.29 is 4.79 Å². The van der Waals surface area contributed by atoms with Gasteiger partial charge in [0.1, 0.15) is 0 Å². The molecule has 0 aromatic carbocycles. The third-order valence-corrected chi connectivity index (χ3v) is 5.09. The van der Waals surface area contributed by atoms with Crippen LogP contribution >= 0.6 is 0 Å². The number of rotatable bonds is 2. The smallest absolute Gasteiger partial charge is 0.255 e. The van der Waals surface area contributed by atoms with Gasteiger partial charge in [-0.1, -0.05) is 19.3 Å². The van der Waals surface area contributed by atoms with Crippen LogP contribution in [0.5, 0.6) is 0 Å². The summed E-state index contributed by atoms with van der Waals surface area (Å²) in [5.41, 5.74) is 1.81. The van der Waals surface area contributed by atoms with Crippen molar-refractivity contribution in [3.05, 3.63) is 23.5 Å². The molecular weight excluding hydrogens is 262 g/mol. The standard InChI is InChI=1S/C17H27N3O/c1-14-16(8-9-18-14)17(21)20-11-5-10-19(12-13-20)15-6-3-2-4-7-15/h8-9,15,18H,2-7,10-13H2,1H3. The molecule has 2 fully saturated rings. The largest absolute Gasteiger partial charge is 0.365 e. The summed E-state index contributed by atoms with van der Waals surface area (Å²) in [5.74, 6) is 0.194. The average molecular weight is 289 g/mol. The molecule has 21 heavy (non-hydrogen) atoms. The Kier molecular flexibility index (Phi) is 4.63. The van der Waals surface area contributed by atoms with Crippen LogP contribution in [0.2, 0.25) is 0 Å². The highest BCUT2D eigenvalue weighted by Crippen LogP contribution is 2.23. The minimum Gasteiger partial charge on any atom is -0.365 e. The van der Waals surface area contributed by atoms with Gasteiger partial charge in [0.15, 0.2) is 0 Å². The van der Waals surface area contributed by atoms with Crippen LogP contribution in [-0.4, -0.2) is 52.9 Å². The van der Waals surface area contributed by atoms with E-state index in [1.165, 1.54) is 32.1 Å². The normalized spacial score (nSPS) is 22.2. The molecule has 0 bridgehead atoms. The van der Waals surface area contributed by atoms with Crippen molar-refractivity contribution in [2.24, 2.45) is 0 Å². The quantitative estimate of drug-likeness (QED) is 0.909. The first-order valence-electron chi connectivity index (χ1n) is 8.43. The van der Waals surface area contributed by atoms with Gasteiger partial charge in [0.2, 0.25) is 0 Å². The summed E-state index contributed by atoms with van der Waals surface area (Å²) in [5, 5.41) is 0. The van der Waals surface area contributed by atoms with Crippen molar-refractivity contribution >= 4 is 5.91 Å². The lowest BCUT2D eigenvalue weighted by Gasteiger charge is -2.33. The van der Waals surface area contributed by atoms with E-state index in [0.717, 1.165) is 49.9 Å². The molecular formula is C17H27N3O. The van der Waals surface area contributed by atoms with E-state index in [-0.39, 0.29) is 5.91 Å². The fourth-order valence-corrected chi connectivity index (χ4v) is 3.81. The Morgan fingerprint density at radius 2 is 1.90 bits per heavy atom. The van der Waals surface area contributed by atoms with Crippen LogP contribution in [-0.2, 0) is 0 Å². The van der Waals surface area contributed by atoms with Gasteiger partial charge in [0, 0.05) is 44.1 Å². The Morgan fingerprint density at radius 3 is 2.62 bits per heavy atom. The van der Waals surface area contributed by atoms with Gasteiger partial charge in [-0.25, -0.2) is 0 Å². The molecule has 0 spiro atoms. The molecule has 2 aliphatic rings. The molecule has 116 valence electrons. The number of carbonyl (C=O) groups excluding carboxylic acids is 1. The van der Waals surface area contributed by atoms with Gasteiger partial charge in [0.05, 0.1) is 5.56 Å². The summed E-state index contributed by atoms with van der Waals surface area (Å²) in [6.45, 7) is 5.94. The summed E-state index contributed by atoms with van der Waals surface area (Å²) in [7, 11) is 0. The van der Waals surface area contributed by atoms with Gasteiger partial charge in [-0.3, -0.25) is 9.69 Å². The number of carbonyl (C=O) groups is 1. The van der Waals surface area contributed by atoms with Crippen LogP contribution in [0.15, 0.2) is 12.3 Å². The second kappa shape index (κ2) is 6.65. The van der Waals surface area contributed by atoms with Crippen molar-refractivity contribution in [1.82, 2.24) is 14.8 Å². The number of aromatic nitrogens is 1. The first kappa shape index (κ1) is 14.6. The highest BCUT2D eigenvalue weighted by atomic mass is 16.2. The van der Waals surface area contributed by atoms with Crippen LogP contribution < -0.4 is 0 Å². The first-order valence-corrected chi connectivity index (χ1v) is 8.43. The molecule has 1 saturated heterocycles. The Morgan fingerprint density at radius 1 is 1.10 bits per heavy atom. The lowest BCUT2D eigenvalue weighted by Crippen LogP contribution is -2.40. The van der Waals surface area contributed by atoms with Crippen molar-refractivity contribution in [2.75, 3.05) is 26.2 Å². The average Bonchev–Trinajstić information content (AvgIpc) is 2.80. The number of hydrogen-bond donors (Lipinski definition) is 1. The van der Waals surface area contributed by atoms with Crippen LogP contribution in [0.25, 0.3) is 0 Å². The second-order valence-electron chi connectivity index (χ2n) is 6.49. The van der Waals surface area contributed by atoms with Gasteiger partial charge in [-0.2, -0.15) is 0 Å². The Labute approximate surface area is 127 Å². The number of aromatic amines is 1. The van der Waals surface area contributed by atoms with Gasteiger partial charge in [0.25, 0.3) is 5.91 Å². The van der Waals surface area contributed by atoms with Crippen LogP contribution in [0.4, 0.5) is 0 Å². The monoisotopic (exact) mass is 289 g/mol. The molecule has 1 N–H and O–H groups in total. The lowest BCUT2D eigenvalue weighted by atomic mass is 9.94. The van der Waals surface area contributed by atoms with Gasteiger partial charge in [-0.15, -0.1) is 0 Å². The molecule has 0 atom stereocenters. The number of aryl methyl sites for hydroxylation is 1. The van der Waals surface area contributed by atoms with E-state index in [0.29, 0.717) is 0 Å². The zero-order valence-electron chi connectivity index (χ0n) is 13.1. The van der Waals surface area contributed by atoms with Gasteiger partial charge in [-0.05, 0) is 32.3 Å². The summed E-state index contributed by atoms with van der Waals surface area (Å²) in [6, 6.07) is 2.67. The van der Waals surface area contributed by atoms with E-state index in [2.05, 4.69) is 9.88 Å². The van der Waals surface area contributed by atoms with E-state index >= 15 is 0 Å². The maximum Gasteiger partial charge on any atom is 0.255 e. The predicted octanol–water partition coefficient (Wildman–Crippen LogP) is 2.80. The Balaban J connectivity index is 1.60. The molecule has 4 nitrogen and oxygen atoms in total. The third kappa shape index (κ3) is 3.31. The molecule has 0 unspecified atom stereocenters. The van der Waals surface area contributed by atoms with Crippen molar-refractivity contribution in [2.45, 2.75) is 51.5 Å². The molecule has 4 heteroatoms. The van der Waals surface area contributed by atoms with Crippen LogP contribution in [0.3, 0.4) is 0 Å². The van der Waals surface area contributed by atoms with Crippen molar-refractivity contribution in [1.29, 1.82) is 0 Å². The fraction of sp³-hybridized carbons (Fsp3) is 0.706. The zero-order chi connectivity index (χ0) is 14.7. The molecule has 2 heterocycles. The Hall–Kier alpha value is -1.29. The van der Waals surface area contributed by atoms with E-state index < -0.39 is 0 Å². The lowest BCUT2D eigenvalue weighted by molar-refractivity contribution is 0.0754. The van der Waals surface area contributed by atoms with Crippen molar-refractivity contribution in [3.8, 4) is 0 Å². The fourth-order valence-electron chi connectivity index (χ4n) is 3.81. The number of amides is 1. The SMILES string of the molecule is Cc1[nH]ccc1C(=O)N1CCCN(C2CCCCC2)CC1. The molecule has 1 aromatic rings. The predicted molar refractivity (Wildman–Crippen MR) is 84.5 cm³/mol. The molecule has 1 saturated carbocycles. The molecule has 3 rings (SSSR count). The van der Waals surface area contributed by atoms with Gasteiger partial charge < -0.3 is 9.88 Å². The van der Waals surface area contributed by atoms with E-state index in [1.807, 2.05) is 24.1 Å². The highest BCUT2D eigenvalue weighted by Gasteiger charge is 2.26. The van der Waals surface area contributed by atoms with E-state index in [9.17, 15) is 4.79 Å². The van der Waals surface area contributed by atoms with E-state index in [1.54, 1.807) is 0 Å². The summed E-state index contributed by atoms with van der Waals surface area (Å²) >= 11 is 0. The molecule has 1 aromatic heterocycles. The maximum absolute atomic E-state index is 12.6. The van der Waals surface area contributed by atoms with Crippen LogP contribution in [0, 0.1) is 6.92 Å². The molecule has 1 amide bonds. The zero-order valence-corrected chi connectivity index (χ0v) is 13.1. The van der Waals surface area contributed by atoms with Crippen molar-refractivity contribution in [3.63, 3.8) is 0 Å².